The van der Waals surface area contributed by atoms with E-state index in [0.29, 0.717) is 12.5 Å². The highest BCUT2D eigenvalue weighted by Gasteiger charge is 2.22. The summed E-state index contributed by atoms with van der Waals surface area (Å²) in [5.74, 6) is 0.264. The number of amidine groups is 1. The van der Waals surface area contributed by atoms with Crippen molar-refractivity contribution in [2.45, 2.75) is 31.7 Å². The molecule has 0 aromatic heterocycles. The molecule has 4 heteroatoms. The predicted octanol–water partition coefficient (Wildman–Crippen LogP) is 0.159. The molecule has 0 spiro atoms. The zero-order valence-corrected chi connectivity index (χ0v) is 8.00. The first-order valence-corrected chi connectivity index (χ1v) is 4.92. The first kappa shape index (κ1) is 10.5. The summed E-state index contributed by atoms with van der Waals surface area (Å²) in [6.45, 7) is 2.31. The standard InChI is InChI=1S/C9H19N3O/c10-9(11)4-2-6-12-5-1-3-8(12)7-13/h8,13H,1-7H2,(H3,10,11). The number of aliphatic hydroxyl groups excluding tert-OH is 1. The van der Waals surface area contributed by atoms with E-state index in [2.05, 4.69) is 4.90 Å². The molecule has 0 saturated carbocycles. The van der Waals surface area contributed by atoms with E-state index in [4.69, 9.17) is 16.2 Å². The Morgan fingerprint density at radius 2 is 2.38 bits per heavy atom. The molecule has 0 aliphatic carbocycles. The van der Waals surface area contributed by atoms with Gasteiger partial charge in [-0.15, -0.1) is 0 Å². The third kappa shape index (κ3) is 3.32. The van der Waals surface area contributed by atoms with Crippen LogP contribution in [0, 0.1) is 5.41 Å². The Hall–Kier alpha value is -0.610. The monoisotopic (exact) mass is 185 g/mol. The van der Waals surface area contributed by atoms with E-state index in [1.165, 1.54) is 6.42 Å². The van der Waals surface area contributed by atoms with Crippen LogP contribution in [0.2, 0.25) is 0 Å². The quantitative estimate of drug-likeness (QED) is 0.422. The Bertz CT molecular complexity index is 172. The Morgan fingerprint density at radius 1 is 1.62 bits per heavy atom. The van der Waals surface area contributed by atoms with Crippen LogP contribution in [0.15, 0.2) is 0 Å². The molecule has 1 rings (SSSR count). The van der Waals surface area contributed by atoms with Crippen molar-refractivity contribution < 1.29 is 5.11 Å². The molecule has 1 unspecified atom stereocenters. The number of nitrogens with one attached hydrogen (secondary N) is 1. The van der Waals surface area contributed by atoms with Gasteiger partial charge >= 0.3 is 0 Å². The SMILES string of the molecule is N=C(N)CCCN1CCCC1CO. The van der Waals surface area contributed by atoms with Crippen molar-refractivity contribution in [1.29, 1.82) is 5.41 Å². The number of rotatable bonds is 5. The smallest absolute Gasteiger partial charge is 0.0905 e. The molecular weight excluding hydrogens is 166 g/mol. The molecule has 0 amide bonds. The summed E-state index contributed by atoms with van der Waals surface area (Å²) in [7, 11) is 0. The van der Waals surface area contributed by atoms with Crippen molar-refractivity contribution >= 4 is 5.84 Å². The highest BCUT2D eigenvalue weighted by Crippen LogP contribution is 2.16. The normalized spacial score (nSPS) is 23.6. The Morgan fingerprint density at radius 3 is 3.00 bits per heavy atom. The lowest BCUT2D eigenvalue weighted by Crippen LogP contribution is -2.33. The zero-order chi connectivity index (χ0) is 9.68. The molecule has 0 bridgehead atoms. The first-order valence-electron chi connectivity index (χ1n) is 4.92. The van der Waals surface area contributed by atoms with Crippen LogP contribution in [-0.4, -0.2) is 41.6 Å². The van der Waals surface area contributed by atoms with Crippen LogP contribution in [0.3, 0.4) is 0 Å². The number of aliphatic hydroxyl groups is 1. The summed E-state index contributed by atoms with van der Waals surface area (Å²) in [6, 6.07) is 0.354. The second-order valence-corrected chi connectivity index (χ2v) is 3.64. The van der Waals surface area contributed by atoms with Gasteiger partial charge in [0.2, 0.25) is 0 Å². The van der Waals surface area contributed by atoms with Gasteiger partial charge in [-0.2, -0.15) is 0 Å². The lowest BCUT2D eigenvalue weighted by atomic mass is 10.2. The number of hydrogen-bond acceptors (Lipinski definition) is 3. The molecule has 4 N–H and O–H groups in total. The first-order chi connectivity index (χ1) is 6.24. The van der Waals surface area contributed by atoms with Gasteiger partial charge in [-0.3, -0.25) is 10.3 Å². The van der Waals surface area contributed by atoms with Crippen molar-refractivity contribution in [2.24, 2.45) is 5.73 Å². The van der Waals surface area contributed by atoms with E-state index in [9.17, 15) is 0 Å². The summed E-state index contributed by atoms with van der Waals surface area (Å²) < 4.78 is 0. The van der Waals surface area contributed by atoms with Crippen molar-refractivity contribution in [3.05, 3.63) is 0 Å². The van der Waals surface area contributed by atoms with Crippen LogP contribution in [0.25, 0.3) is 0 Å². The van der Waals surface area contributed by atoms with Crippen LogP contribution < -0.4 is 5.73 Å². The van der Waals surface area contributed by atoms with Crippen LogP contribution in [0.5, 0.6) is 0 Å². The van der Waals surface area contributed by atoms with Gasteiger partial charge < -0.3 is 10.8 Å². The van der Waals surface area contributed by atoms with Crippen molar-refractivity contribution in [1.82, 2.24) is 4.90 Å². The molecule has 1 aliphatic heterocycles. The molecule has 1 heterocycles. The summed E-state index contributed by atoms with van der Waals surface area (Å²) in [5.41, 5.74) is 5.26. The lowest BCUT2D eigenvalue weighted by Gasteiger charge is -2.22. The molecule has 0 aromatic rings. The minimum atomic E-state index is 0.264. The van der Waals surface area contributed by atoms with Gasteiger partial charge in [0, 0.05) is 12.5 Å². The average molecular weight is 185 g/mol. The molecule has 1 fully saturated rings. The minimum Gasteiger partial charge on any atom is -0.395 e. The maximum absolute atomic E-state index is 9.04. The van der Waals surface area contributed by atoms with E-state index in [1.54, 1.807) is 0 Å². The largest absolute Gasteiger partial charge is 0.395 e. The van der Waals surface area contributed by atoms with Crippen LogP contribution in [0.4, 0.5) is 0 Å². The molecule has 0 aromatic carbocycles. The van der Waals surface area contributed by atoms with Crippen molar-refractivity contribution in [3.63, 3.8) is 0 Å². The van der Waals surface area contributed by atoms with Gasteiger partial charge in [0.15, 0.2) is 0 Å². The van der Waals surface area contributed by atoms with Gasteiger partial charge in [0.1, 0.15) is 0 Å². The molecule has 1 aliphatic rings. The van der Waals surface area contributed by atoms with Gasteiger partial charge in [-0.1, -0.05) is 0 Å². The minimum absolute atomic E-state index is 0.264. The Balaban J connectivity index is 2.16. The molecule has 13 heavy (non-hydrogen) atoms. The molecular formula is C9H19N3O. The summed E-state index contributed by atoms with van der Waals surface area (Å²) in [6.07, 6.45) is 3.91. The van der Waals surface area contributed by atoms with Crippen molar-refractivity contribution in [2.75, 3.05) is 19.7 Å². The topological polar surface area (TPSA) is 73.3 Å². The summed E-state index contributed by atoms with van der Waals surface area (Å²) in [4.78, 5) is 2.29. The van der Waals surface area contributed by atoms with Crippen LogP contribution in [0.1, 0.15) is 25.7 Å². The molecule has 4 nitrogen and oxygen atoms in total. The Kier molecular flexibility index (Phi) is 4.18. The van der Waals surface area contributed by atoms with Crippen LogP contribution >= 0.6 is 0 Å². The Labute approximate surface area is 79.2 Å². The zero-order valence-electron chi connectivity index (χ0n) is 8.00. The molecule has 76 valence electrons. The third-order valence-electron chi connectivity index (χ3n) is 2.60. The summed E-state index contributed by atoms with van der Waals surface area (Å²) >= 11 is 0. The maximum Gasteiger partial charge on any atom is 0.0905 e. The highest BCUT2D eigenvalue weighted by atomic mass is 16.3. The number of likely N-dealkylation sites (tertiary alicyclic amines) is 1. The number of nitrogens with zero attached hydrogens (tertiary/aromatic N) is 1. The average Bonchev–Trinajstić information content (AvgIpc) is 2.51. The van der Waals surface area contributed by atoms with Gasteiger partial charge in [0.25, 0.3) is 0 Å². The molecule has 1 atom stereocenters. The van der Waals surface area contributed by atoms with Crippen LogP contribution in [-0.2, 0) is 0 Å². The fourth-order valence-corrected chi connectivity index (χ4v) is 1.87. The van der Waals surface area contributed by atoms with E-state index >= 15 is 0 Å². The van der Waals surface area contributed by atoms with E-state index in [-0.39, 0.29) is 12.4 Å². The maximum atomic E-state index is 9.04. The predicted molar refractivity (Wildman–Crippen MR) is 52.8 cm³/mol. The van der Waals surface area contributed by atoms with E-state index in [1.807, 2.05) is 0 Å². The third-order valence-corrected chi connectivity index (χ3v) is 2.60. The number of nitrogens with two attached hydrogens (primary N) is 1. The van der Waals surface area contributed by atoms with E-state index in [0.717, 1.165) is 25.9 Å². The van der Waals surface area contributed by atoms with Gasteiger partial charge in [0.05, 0.1) is 12.4 Å². The number of hydrogen-bond donors (Lipinski definition) is 3. The lowest BCUT2D eigenvalue weighted by molar-refractivity contribution is 0.158. The molecule has 1 saturated heterocycles. The molecule has 0 radical (unpaired) electrons. The second kappa shape index (κ2) is 5.19. The summed E-state index contributed by atoms with van der Waals surface area (Å²) in [5, 5.41) is 16.1. The van der Waals surface area contributed by atoms with E-state index < -0.39 is 0 Å². The van der Waals surface area contributed by atoms with Crippen molar-refractivity contribution in [3.8, 4) is 0 Å². The van der Waals surface area contributed by atoms with Gasteiger partial charge in [-0.05, 0) is 32.4 Å². The fraction of sp³-hybridized carbons (Fsp3) is 0.889. The second-order valence-electron chi connectivity index (χ2n) is 3.64. The van der Waals surface area contributed by atoms with Gasteiger partial charge in [-0.25, -0.2) is 0 Å². The highest BCUT2D eigenvalue weighted by molar-refractivity contribution is 5.76. The fourth-order valence-electron chi connectivity index (χ4n) is 1.87.